The Bertz CT molecular complexity index is 474. The third kappa shape index (κ3) is 3.01. The number of nitro groups is 1. The van der Waals surface area contributed by atoms with Crippen LogP contribution in [-0.2, 0) is 0 Å². The Kier molecular flexibility index (Phi) is 4.79. The summed E-state index contributed by atoms with van der Waals surface area (Å²) in [6, 6.07) is 5.13. The highest BCUT2D eigenvalue weighted by molar-refractivity contribution is 5.66. The molecule has 1 saturated carbocycles. The smallest absolute Gasteiger partial charge is 0.292 e. The second-order valence-electron chi connectivity index (χ2n) is 4.97. The van der Waals surface area contributed by atoms with Gasteiger partial charge in [0, 0.05) is 31.3 Å². The lowest BCUT2D eigenvalue weighted by Crippen LogP contribution is -2.41. The third-order valence-electron chi connectivity index (χ3n) is 3.76. The van der Waals surface area contributed by atoms with E-state index in [1.54, 1.807) is 19.2 Å². The van der Waals surface area contributed by atoms with E-state index in [0.29, 0.717) is 30.4 Å². The number of nitro benzene ring substituents is 1. The summed E-state index contributed by atoms with van der Waals surface area (Å²) in [7, 11) is 1.55. The lowest BCUT2D eigenvalue weighted by atomic mass is 9.90. The molecule has 0 radical (unpaired) electrons. The molecule has 2 rings (SSSR count). The Morgan fingerprint density at radius 3 is 2.75 bits per heavy atom. The number of benzene rings is 1. The fourth-order valence-electron chi connectivity index (χ4n) is 2.45. The van der Waals surface area contributed by atoms with Gasteiger partial charge in [-0.3, -0.25) is 10.1 Å². The van der Waals surface area contributed by atoms with Crippen LogP contribution in [0.25, 0.3) is 0 Å². The molecule has 1 aromatic carbocycles. The summed E-state index contributed by atoms with van der Waals surface area (Å²) in [5.41, 5.74) is 0.683. The number of ether oxygens (including phenoxy) is 1. The lowest BCUT2D eigenvalue weighted by molar-refractivity contribution is -0.384. The first-order chi connectivity index (χ1) is 9.67. The van der Waals surface area contributed by atoms with Crippen molar-refractivity contribution in [2.75, 3.05) is 25.2 Å². The molecule has 1 aliphatic carbocycles. The molecule has 0 bridgehead atoms. The maximum Gasteiger partial charge on any atom is 0.292 e. The van der Waals surface area contributed by atoms with Crippen LogP contribution in [0.5, 0.6) is 5.75 Å². The highest BCUT2D eigenvalue weighted by atomic mass is 16.6. The summed E-state index contributed by atoms with van der Waals surface area (Å²) < 4.78 is 5.18. The zero-order valence-corrected chi connectivity index (χ0v) is 11.6. The van der Waals surface area contributed by atoms with Gasteiger partial charge in [0.25, 0.3) is 5.69 Å². The number of hydrogen-bond acceptors (Lipinski definition) is 5. The van der Waals surface area contributed by atoms with Gasteiger partial charge in [0.2, 0.25) is 0 Å². The fourth-order valence-corrected chi connectivity index (χ4v) is 2.45. The van der Waals surface area contributed by atoms with E-state index in [1.807, 2.05) is 4.90 Å². The second kappa shape index (κ2) is 6.56. The molecule has 1 N–H and O–H groups in total. The molecule has 0 atom stereocenters. The number of nitrogens with zero attached hydrogens (tertiary/aromatic N) is 2. The van der Waals surface area contributed by atoms with Crippen molar-refractivity contribution < 1.29 is 14.8 Å². The van der Waals surface area contributed by atoms with Crippen LogP contribution in [-0.4, -0.2) is 36.3 Å². The third-order valence-corrected chi connectivity index (χ3v) is 3.76. The van der Waals surface area contributed by atoms with Gasteiger partial charge in [-0.15, -0.1) is 0 Å². The van der Waals surface area contributed by atoms with Crippen LogP contribution in [0.1, 0.15) is 25.7 Å². The van der Waals surface area contributed by atoms with Crippen LogP contribution >= 0.6 is 0 Å². The molecule has 1 aromatic rings. The Labute approximate surface area is 118 Å². The highest BCUT2D eigenvalue weighted by Gasteiger charge is 2.29. The topological polar surface area (TPSA) is 75.8 Å². The minimum absolute atomic E-state index is 0.0843. The van der Waals surface area contributed by atoms with E-state index in [-0.39, 0.29) is 17.2 Å². The summed E-state index contributed by atoms with van der Waals surface area (Å²) in [5.74, 6) is 0.610. The van der Waals surface area contributed by atoms with E-state index in [9.17, 15) is 10.1 Å². The molecule has 6 nitrogen and oxygen atoms in total. The van der Waals surface area contributed by atoms with Gasteiger partial charge in [-0.05, 0) is 31.7 Å². The first kappa shape index (κ1) is 14.6. The van der Waals surface area contributed by atoms with Crippen molar-refractivity contribution in [3.63, 3.8) is 0 Å². The number of aliphatic hydroxyl groups is 1. The summed E-state index contributed by atoms with van der Waals surface area (Å²) in [6.45, 7) is 0.705. The number of hydrogen-bond donors (Lipinski definition) is 1. The van der Waals surface area contributed by atoms with E-state index in [1.165, 1.54) is 6.07 Å². The normalized spacial score (nSPS) is 14.7. The maximum absolute atomic E-state index is 11.2. The van der Waals surface area contributed by atoms with Crippen LogP contribution in [0.2, 0.25) is 0 Å². The molecule has 0 amide bonds. The molecule has 1 aliphatic rings. The van der Waals surface area contributed by atoms with Gasteiger partial charge in [0.15, 0.2) is 0 Å². The Hall–Kier alpha value is -1.82. The van der Waals surface area contributed by atoms with E-state index in [2.05, 4.69) is 0 Å². The average molecular weight is 280 g/mol. The molecule has 0 aliphatic heterocycles. The molecule has 20 heavy (non-hydrogen) atoms. The van der Waals surface area contributed by atoms with E-state index in [0.717, 1.165) is 19.3 Å². The van der Waals surface area contributed by atoms with E-state index in [4.69, 9.17) is 9.84 Å². The van der Waals surface area contributed by atoms with Gasteiger partial charge in [0.1, 0.15) is 11.4 Å². The quantitative estimate of drug-likeness (QED) is 0.613. The molecule has 1 fully saturated rings. The zero-order valence-electron chi connectivity index (χ0n) is 11.6. The molecule has 0 saturated heterocycles. The van der Waals surface area contributed by atoms with Crippen LogP contribution in [0, 0.1) is 10.1 Å². The largest absolute Gasteiger partial charge is 0.497 e. The minimum atomic E-state index is -0.362. The molecular formula is C14H20N2O4. The predicted molar refractivity (Wildman–Crippen MR) is 76.3 cm³/mol. The highest BCUT2D eigenvalue weighted by Crippen LogP contribution is 2.37. The molecular weight excluding hydrogens is 260 g/mol. The first-order valence-electron chi connectivity index (χ1n) is 6.87. The number of anilines is 1. The van der Waals surface area contributed by atoms with Gasteiger partial charge >= 0.3 is 0 Å². The Morgan fingerprint density at radius 1 is 1.50 bits per heavy atom. The van der Waals surface area contributed by atoms with Crippen molar-refractivity contribution in [1.82, 2.24) is 0 Å². The van der Waals surface area contributed by atoms with Gasteiger partial charge in [-0.1, -0.05) is 0 Å². The minimum Gasteiger partial charge on any atom is -0.497 e. The maximum atomic E-state index is 11.2. The molecule has 0 aromatic heterocycles. The summed E-state index contributed by atoms with van der Waals surface area (Å²) in [6.07, 6.45) is 3.84. The Balaban J connectivity index is 2.35. The van der Waals surface area contributed by atoms with Crippen molar-refractivity contribution >= 4 is 11.4 Å². The second-order valence-corrected chi connectivity index (χ2v) is 4.97. The summed E-state index contributed by atoms with van der Waals surface area (Å²) in [5, 5.41) is 20.2. The number of aliphatic hydroxyl groups excluding tert-OH is 1. The first-order valence-corrected chi connectivity index (χ1v) is 6.87. The number of rotatable bonds is 7. The lowest BCUT2D eigenvalue weighted by Gasteiger charge is -2.39. The van der Waals surface area contributed by atoms with Gasteiger partial charge in [-0.2, -0.15) is 0 Å². The average Bonchev–Trinajstić information content (AvgIpc) is 2.40. The van der Waals surface area contributed by atoms with E-state index < -0.39 is 0 Å². The van der Waals surface area contributed by atoms with Crippen molar-refractivity contribution in [2.45, 2.75) is 31.7 Å². The van der Waals surface area contributed by atoms with Crippen LogP contribution < -0.4 is 9.64 Å². The monoisotopic (exact) mass is 280 g/mol. The van der Waals surface area contributed by atoms with E-state index >= 15 is 0 Å². The fraction of sp³-hybridized carbons (Fsp3) is 0.571. The van der Waals surface area contributed by atoms with Gasteiger partial charge in [0.05, 0.1) is 12.0 Å². The Morgan fingerprint density at radius 2 is 2.25 bits per heavy atom. The molecule has 0 heterocycles. The van der Waals surface area contributed by atoms with Gasteiger partial charge in [-0.25, -0.2) is 0 Å². The summed E-state index contributed by atoms with van der Waals surface area (Å²) >= 11 is 0. The SMILES string of the molecule is COc1ccc([N+](=O)[O-])c(N(CCCO)C2CCC2)c1. The van der Waals surface area contributed by atoms with Crippen molar-refractivity contribution in [3.8, 4) is 5.75 Å². The molecule has 0 unspecified atom stereocenters. The van der Waals surface area contributed by atoms with Gasteiger partial charge < -0.3 is 14.7 Å². The van der Waals surface area contributed by atoms with Crippen LogP contribution in [0.3, 0.4) is 0 Å². The molecule has 110 valence electrons. The molecule has 0 spiro atoms. The van der Waals surface area contributed by atoms with Crippen molar-refractivity contribution in [2.24, 2.45) is 0 Å². The van der Waals surface area contributed by atoms with Crippen LogP contribution in [0.15, 0.2) is 18.2 Å². The van der Waals surface area contributed by atoms with Crippen molar-refractivity contribution in [1.29, 1.82) is 0 Å². The van der Waals surface area contributed by atoms with Crippen molar-refractivity contribution in [3.05, 3.63) is 28.3 Å². The standard InChI is InChI=1S/C14H20N2O4/c1-20-12-6-7-13(16(18)19)14(10-12)15(8-3-9-17)11-4-2-5-11/h6-7,10-11,17H,2-5,8-9H2,1H3. The zero-order chi connectivity index (χ0) is 14.5. The predicted octanol–water partition coefficient (Wildman–Crippen LogP) is 2.34. The summed E-state index contributed by atoms with van der Waals surface area (Å²) in [4.78, 5) is 12.9. The van der Waals surface area contributed by atoms with Crippen LogP contribution in [0.4, 0.5) is 11.4 Å². The molecule has 6 heteroatoms. The number of methoxy groups -OCH3 is 1.